The van der Waals surface area contributed by atoms with E-state index in [-0.39, 0.29) is 0 Å². The maximum atomic E-state index is 6.27. The minimum absolute atomic E-state index is 0.901. The van der Waals surface area contributed by atoms with E-state index in [1.807, 2.05) is 23.5 Å². The van der Waals surface area contributed by atoms with Crippen molar-refractivity contribution in [3.05, 3.63) is 212 Å². The minimum Gasteiger partial charge on any atom is -0.456 e. The quantitative estimate of drug-likeness (QED) is 0.162. The summed E-state index contributed by atoms with van der Waals surface area (Å²) in [5, 5.41) is 4.83. The molecule has 2 nitrogen and oxygen atoms in total. The summed E-state index contributed by atoms with van der Waals surface area (Å²) in [6.45, 7) is 0. The van der Waals surface area contributed by atoms with Gasteiger partial charge in [0.2, 0.25) is 0 Å². The number of hydrogen-bond donors (Lipinski definition) is 0. The van der Waals surface area contributed by atoms with E-state index in [1.165, 1.54) is 59.2 Å². The Bertz CT molecular complexity index is 3200. The van der Waals surface area contributed by atoms with E-state index in [0.29, 0.717) is 0 Å². The van der Waals surface area contributed by atoms with Gasteiger partial charge in [-0.05, 0) is 87.5 Å². The molecule has 0 N–H and O–H groups in total. The van der Waals surface area contributed by atoms with E-state index in [2.05, 4.69) is 205 Å². The van der Waals surface area contributed by atoms with Gasteiger partial charge in [-0.15, -0.1) is 11.3 Å². The molecule has 0 amide bonds. The van der Waals surface area contributed by atoms with E-state index in [9.17, 15) is 0 Å². The van der Waals surface area contributed by atoms with Crippen LogP contribution in [0.2, 0.25) is 0 Å². The third-order valence-corrected chi connectivity index (χ3v) is 12.3. The van der Waals surface area contributed by atoms with Crippen molar-refractivity contribution in [2.45, 2.75) is 0 Å². The summed E-state index contributed by atoms with van der Waals surface area (Å²) in [6, 6.07) is 76.4. The topological polar surface area (TPSA) is 16.4 Å². The number of rotatable bonds is 7. The van der Waals surface area contributed by atoms with E-state index in [0.717, 1.165) is 44.4 Å². The molecule has 0 saturated heterocycles. The molecule has 0 aliphatic carbocycles. The second kappa shape index (κ2) is 13.8. The molecular formula is C54H35NOS. The second-order valence-electron chi connectivity index (χ2n) is 14.5. The number of hydrogen-bond acceptors (Lipinski definition) is 3. The number of fused-ring (bicyclic) bond motifs is 6. The Morgan fingerprint density at radius 2 is 0.807 bits per heavy atom. The van der Waals surface area contributed by atoms with Gasteiger partial charge in [0.25, 0.3) is 0 Å². The number of nitrogens with zero attached hydrogens (tertiary/aromatic N) is 1. The van der Waals surface area contributed by atoms with Crippen LogP contribution in [0, 0.1) is 0 Å². The molecule has 11 aromatic rings. The zero-order valence-corrected chi connectivity index (χ0v) is 31.8. The molecule has 0 bridgehead atoms. The van der Waals surface area contributed by atoms with Gasteiger partial charge < -0.3 is 9.32 Å². The highest BCUT2D eigenvalue weighted by Crippen LogP contribution is 2.50. The first kappa shape index (κ1) is 33.2. The lowest BCUT2D eigenvalue weighted by Crippen LogP contribution is -2.11. The van der Waals surface area contributed by atoms with Crippen LogP contribution in [-0.4, -0.2) is 0 Å². The molecule has 2 aromatic heterocycles. The van der Waals surface area contributed by atoms with Crippen LogP contribution < -0.4 is 4.90 Å². The molecule has 0 radical (unpaired) electrons. The van der Waals surface area contributed by atoms with Gasteiger partial charge in [0, 0.05) is 43.2 Å². The Morgan fingerprint density at radius 1 is 0.333 bits per heavy atom. The fraction of sp³-hybridized carbons (Fsp3) is 0. The van der Waals surface area contributed by atoms with E-state index >= 15 is 0 Å². The summed E-state index contributed by atoms with van der Waals surface area (Å²) < 4.78 is 8.82. The molecule has 0 atom stereocenters. The summed E-state index contributed by atoms with van der Waals surface area (Å²) >= 11 is 1.86. The Kier molecular flexibility index (Phi) is 8.04. The summed E-state index contributed by atoms with van der Waals surface area (Å²) in [6.07, 6.45) is 0. The second-order valence-corrected chi connectivity index (χ2v) is 15.5. The minimum atomic E-state index is 0.901. The molecule has 0 spiro atoms. The summed E-state index contributed by atoms with van der Waals surface area (Å²) in [4.78, 5) is 2.45. The smallest absolute Gasteiger partial charge is 0.136 e. The van der Waals surface area contributed by atoms with Crippen molar-refractivity contribution in [1.82, 2.24) is 0 Å². The van der Waals surface area contributed by atoms with Gasteiger partial charge in [-0.2, -0.15) is 0 Å². The molecule has 268 valence electrons. The molecule has 3 heteroatoms. The van der Waals surface area contributed by atoms with Crippen molar-refractivity contribution in [1.29, 1.82) is 0 Å². The van der Waals surface area contributed by atoms with Gasteiger partial charge in [-0.25, -0.2) is 0 Å². The molecule has 0 saturated carbocycles. The fourth-order valence-corrected chi connectivity index (χ4v) is 9.49. The molecule has 0 fully saturated rings. The van der Waals surface area contributed by atoms with Gasteiger partial charge >= 0.3 is 0 Å². The van der Waals surface area contributed by atoms with Crippen LogP contribution in [0.3, 0.4) is 0 Å². The highest BCUT2D eigenvalue weighted by Gasteiger charge is 2.23. The van der Waals surface area contributed by atoms with Crippen LogP contribution in [0.4, 0.5) is 17.1 Å². The SMILES string of the molecule is c1ccc(-c2ccc(-c3ccc(N(c4ccc(-c5ccc6c(c5)oc5ccccc56)cc4)c4c(-c5ccccc5)ccc5c4sc4ccccc45)cc3)cc2)cc1. The zero-order valence-electron chi connectivity index (χ0n) is 31.0. The normalized spacial score (nSPS) is 11.5. The lowest BCUT2D eigenvalue weighted by atomic mass is 9.98. The summed E-state index contributed by atoms with van der Waals surface area (Å²) in [5.41, 5.74) is 14.6. The Labute approximate surface area is 335 Å². The van der Waals surface area contributed by atoms with E-state index < -0.39 is 0 Å². The van der Waals surface area contributed by atoms with Gasteiger partial charge in [0.15, 0.2) is 0 Å². The molecule has 0 aliphatic heterocycles. The van der Waals surface area contributed by atoms with Crippen molar-refractivity contribution in [3.8, 4) is 44.5 Å². The third-order valence-electron chi connectivity index (χ3n) is 11.1. The number of para-hydroxylation sites is 1. The van der Waals surface area contributed by atoms with Gasteiger partial charge in [-0.1, -0.05) is 164 Å². The predicted octanol–water partition coefficient (Wildman–Crippen LogP) is 16.1. The monoisotopic (exact) mass is 745 g/mol. The van der Waals surface area contributed by atoms with Gasteiger partial charge in [0.05, 0.1) is 10.4 Å². The number of furan rings is 1. The van der Waals surface area contributed by atoms with Crippen LogP contribution in [0.25, 0.3) is 86.6 Å². The van der Waals surface area contributed by atoms with Gasteiger partial charge in [-0.3, -0.25) is 0 Å². The molecule has 9 aromatic carbocycles. The van der Waals surface area contributed by atoms with Crippen LogP contribution in [0.5, 0.6) is 0 Å². The lowest BCUT2D eigenvalue weighted by Gasteiger charge is -2.29. The highest BCUT2D eigenvalue weighted by molar-refractivity contribution is 7.26. The summed E-state index contributed by atoms with van der Waals surface area (Å²) in [5.74, 6) is 0. The molecule has 0 aliphatic rings. The molecule has 57 heavy (non-hydrogen) atoms. The first-order valence-corrected chi connectivity index (χ1v) is 20.1. The van der Waals surface area contributed by atoms with Crippen LogP contribution in [0.15, 0.2) is 217 Å². The molecular weight excluding hydrogens is 711 g/mol. The molecule has 0 unspecified atom stereocenters. The Hall–Kier alpha value is -7.20. The first-order valence-electron chi connectivity index (χ1n) is 19.3. The zero-order chi connectivity index (χ0) is 37.7. The average molecular weight is 746 g/mol. The van der Waals surface area contributed by atoms with Crippen LogP contribution in [0.1, 0.15) is 0 Å². The van der Waals surface area contributed by atoms with E-state index in [4.69, 9.17) is 4.42 Å². The molecule has 11 rings (SSSR count). The standard InChI is InChI=1S/C54H35NOS/c1-3-11-36(12-4-1)37-19-21-38(22-20-37)39-23-28-43(29-24-39)55(44-30-25-40(26-31-44)42-27-32-47-46-15-7-9-17-50(46)56-51(47)35-42)53-45(41-13-5-2-6-14-41)33-34-49-48-16-8-10-18-52(48)57-54(49)53/h1-35H. The van der Waals surface area contributed by atoms with Crippen molar-refractivity contribution in [2.75, 3.05) is 4.90 Å². The Morgan fingerprint density at radius 3 is 1.47 bits per heavy atom. The van der Waals surface area contributed by atoms with Crippen molar-refractivity contribution >= 4 is 70.5 Å². The average Bonchev–Trinajstić information content (AvgIpc) is 3.86. The maximum absolute atomic E-state index is 6.27. The van der Waals surface area contributed by atoms with Crippen molar-refractivity contribution in [3.63, 3.8) is 0 Å². The largest absolute Gasteiger partial charge is 0.456 e. The van der Waals surface area contributed by atoms with E-state index in [1.54, 1.807) is 0 Å². The van der Waals surface area contributed by atoms with Crippen LogP contribution in [-0.2, 0) is 0 Å². The predicted molar refractivity (Wildman–Crippen MR) is 243 cm³/mol. The number of thiophene rings is 1. The first-order chi connectivity index (χ1) is 28.2. The van der Waals surface area contributed by atoms with Gasteiger partial charge in [0.1, 0.15) is 11.2 Å². The number of benzene rings is 9. The molecule has 2 heterocycles. The lowest BCUT2D eigenvalue weighted by molar-refractivity contribution is 0.669. The highest BCUT2D eigenvalue weighted by atomic mass is 32.1. The fourth-order valence-electron chi connectivity index (χ4n) is 8.25. The Balaban J connectivity index is 1.06. The maximum Gasteiger partial charge on any atom is 0.136 e. The number of anilines is 3. The van der Waals surface area contributed by atoms with Crippen molar-refractivity contribution < 1.29 is 4.42 Å². The summed E-state index contributed by atoms with van der Waals surface area (Å²) in [7, 11) is 0. The van der Waals surface area contributed by atoms with Crippen molar-refractivity contribution in [2.24, 2.45) is 0 Å². The third kappa shape index (κ3) is 5.88. The van der Waals surface area contributed by atoms with Crippen LogP contribution >= 0.6 is 11.3 Å².